The van der Waals surface area contributed by atoms with Crippen molar-refractivity contribution in [3.05, 3.63) is 72.3 Å². The van der Waals surface area contributed by atoms with E-state index in [-0.39, 0.29) is 6.10 Å². The maximum atomic E-state index is 9.82. The lowest BCUT2D eigenvalue weighted by Gasteiger charge is -2.09. The molecule has 0 unspecified atom stereocenters. The minimum atomic E-state index is -0.357. The molecule has 0 fully saturated rings. The fourth-order valence-electron chi connectivity index (χ4n) is 2.36. The topological polar surface area (TPSA) is 20.2 Å². The van der Waals surface area contributed by atoms with Crippen molar-refractivity contribution in [1.29, 1.82) is 0 Å². The Morgan fingerprint density at radius 2 is 1.52 bits per heavy atom. The first-order chi connectivity index (χ1) is 10.3. The summed E-state index contributed by atoms with van der Waals surface area (Å²) in [6.45, 7) is 1.99. The highest BCUT2D eigenvalue weighted by Crippen LogP contribution is 2.31. The number of rotatable bonds is 4. The quantitative estimate of drug-likeness (QED) is 0.692. The summed E-state index contributed by atoms with van der Waals surface area (Å²) in [5.41, 5.74) is 0.986. The van der Waals surface area contributed by atoms with Crippen LogP contribution in [0.5, 0.6) is 0 Å². The fraction of sp³-hybridized carbons (Fsp3) is 0.158. The molecule has 1 nitrogen and oxygen atoms in total. The van der Waals surface area contributed by atoms with Gasteiger partial charge in [0.05, 0.1) is 6.10 Å². The zero-order chi connectivity index (χ0) is 14.7. The van der Waals surface area contributed by atoms with Gasteiger partial charge < -0.3 is 5.11 Å². The van der Waals surface area contributed by atoms with Gasteiger partial charge in [-0.25, -0.2) is 0 Å². The summed E-state index contributed by atoms with van der Waals surface area (Å²) in [7, 11) is 0. The van der Waals surface area contributed by atoms with Crippen LogP contribution >= 0.6 is 11.8 Å². The van der Waals surface area contributed by atoms with Gasteiger partial charge in [0.1, 0.15) is 0 Å². The molecule has 2 heteroatoms. The average molecular weight is 294 g/mol. The Kier molecular flexibility index (Phi) is 4.28. The van der Waals surface area contributed by atoms with Crippen molar-refractivity contribution >= 4 is 22.5 Å². The summed E-state index contributed by atoms with van der Waals surface area (Å²) < 4.78 is 0. The fourth-order valence-corrected chi connectivity index (χ4v) is 3.23. The molecule has 1 atom stereocenters. The van der Waals surface area contributed by atoms with Crippen molar-refractivity contribution < 1.29 is 5.11 Å². The van der Waals surface area contributed by atoms with Gasteiger partial charge in [-0.3, -0.25) is 0 Å². The molecule has 0 saturated carbocycles. The summed E-state index contributed by atoms with van der Waals surface area (Å²) in [6, 6.07) is 23.1. The lowest BCUT2D eigenvalue weighted by atomic mass is 10.1. The third-order valence-electron chi connectivity index (χ3n) is 3.61. The monoisotopic (exact) mass is 294 g/mol. The molecule has 3 aromatic rings. The van der Waals surface area contributed by atoms with Crippen LogP contribution in [0.3, 0.4) is 0 Å². The SMILES string of the molecule is CC[C@@H](O)c1ccc(Sc2ccc3ccccc3c2)cc1. The smallest absolute Gasteiger partial charge is 0.0787 e. The minimum absolute atomic E-state index is 0.357. The molecule has 0 radical (unpaired) electrons. The van der Waals surface area contributed by atoms with Crippen molar-refractivity contribution in [3.8, 4) is 0 Å². The first-order valence-corrected chi connectivity index (χ1v) is 8.02. The van der Waals surface area contributed by atoms with Crippen molar-refractivity contribution in [2.45, 2.75) is 29.2 Å². The van der Waals surface area contributed by atoms with Crippen LogP contribution in [0.15, 0.2) is 76.5 Å². The van der Waals surface area contributed by atoms with Gasteiger partial charge in [0.2, 0.25) is 0 Å². The van der Waals surface area contributed by atoms with Crippen LogP contribution in [0.2, 0.25) is 0 Å². The Morgan fingerprint density at radius 1 is 0.857 bits per heavy atom. The maximum absolute atomic E-state index is 9.82. The Morgan fingerprint density at radius 3 is 2.24 bits per heavy atom. The Balaban J connectivity index is 1.81. The molecule has 21 heavy (non-hydrogen) atoms. The molecule has 0 heterocycles. The second kappa shape index (κ2) is 6.33. The first-order valence-electron chi connectivity index (χ1n) is 7.21. The largest absolute Gasteiger partial charge is 0.388 e. The van der Waals surface area contributed by atoms with Gasteiger partial charge in [-0.2, -0.15) is 0 Å². The lowest BCUT2D eigenvalue weighted by Crippen LogP contribution is -1.93. The van der Waals surface area contributed by atoms with Crippen molar-refractivity contribution in [1.82, 2.24) is 0 Å². The van der Waals surface area contributed by atoms with E-state index < -0.39 is 0 Å². The van der Waals surface area contributed by atoms with Gasteiger partial charge in [-0.05, 0) is 47.0 Å². The second-order valence-corrected chi connectivity index (χ2v) is 6.25. The molecule has 0 aromatic heterocycles. The standard InChI is InChI=1S/C19H18OS/c1-2-19(20)15-8-10-17(11-9-15)21-18-12-7-14-5-3-4-6-16(14)13-18/h3-13,19-20H,2H2,1H3/t19-/m1/s1. The molecule has 106 valence electrons. The van der Waals surface area contributed by atoms with E-state index in [1.54, 1.807) is 11.8 Å². The highest BCUT2D eigenvalue weighted by Gasteiger charge is 2.05. The van der Waals surface area contributed by atoms with Crippen molar-refractivity contribution in [2.24, 2.45) is 0 Å². The summed E-state index contributed by atoms with van der Waals surface area (Å²) in [5.74, 6) is 0. The normalized spacial score (nSPS) is 12.5. The molecule has 0 spiro atoms. The molecular weight excluding hydrogens is 276 g/mol. The van der Waals surface area contributed by atoms with Crippen LogP contribution < -0.4 is 0 Å². The number of aliphatic hydroxyl groups excluding tert-OH is 1. The van der Waals surface area contributed by atoms with Crippen molar-refractivity contribution in [2.75, 3.05) is 0 Å². The van der Waals surface area contributed by atoms with Gasteiger partial charge >= 0.3 is 0 Å². The van der Waals surface area contributed by atoms with E-state index in [1.165, 1.54) is 20.6 Å². The average Bonchev–Trinajstić information content (AvgIpc) is 2.55. The Labute approximate surface area is 129 Å². The van der Waals surface area contributed by atoms with Crippen LogP contribution in [0, 0.1) is 0 Å². The Hall–Kier alpha value is -1.77. The highest BCUT2D eigenvalue weighted by atomic mass is 32.2. The molecule has 3 aromatic carbocycles. The van der Waals surface area contributed by atoms with Gasteiger partial charge in [0, 0.05) is 9.79 Å². The van der Waals surface area contributed by atoms with Gasteiger partial charge in [0.25, 0.3) is 0 Å². The van der Waals surface area contributed by atoms with Crippen LogP contribution in [-0.2, 0) is 0 Å². The summed E-state index contributed by atoms with van der Waals surface area (Å²) >= 11 is 1.75. The maximum Gasteiger partial charge on any atom is 0.0787 e. The van der Waals surface area contributed by atoms with Crippen molar-refractivity contribution in [3.63, 3.8) is 0 Å². The van der Waals surface area contributed by atoms with E-state index in [1.807, 2.05) is 19.1 Å². The number of aliphatic hydroxyl groups is 1. The minimum Gasteiger partial charge on any atom is -0.388 e. The third kappa shape index (κ3) is 3.29. The Bertz CT molecular complexity index is 734. The zero-order valence-corrected chi connectivity index (χ0v) is 12.8. The van der Waals surface area contributed by atoms with Crippen LogP contribution in [-0.4, -0.2) is 5.11 Å². The number of benzene rings is 3. The summed E-state index contributed by atoms with van der Waals surface area (Å²) in [5, 5.41) is 12.4. The van der Waals surface area contributed by atoms with E-state index in [9.17, 15) is 5.11 Å². The molecular formula is C19H18OS. The molecule has 0 aliphatic rings. The van der Waals surface area contributed by atoms with Gasteiger partial charge in [-0.15, -0.1) is 0 Å². The molecule has 0 aliphatic heterocycles. The first kappa shape index (κ1) is 14.2. The second-order valence-electron chi connectivity index (χ2n) is 5.10. The van der Waals surface area contributed by atoms with Crippen LogP contribution in [0.4, 0.5) is 0 Å². The van der Waals surface area contributed by atoms with E-state index in [0.717, 1.165) is 12.0 Å². The molecule has 0 amide bonds. The number of hydrogen-bond donors (Lipinski definition) is 1. The van der Waals surface area contributed by atoms with E-state index in [2.05, 4.69) is 54.6 Å². The van der Waals surface area contributed by atoms with E-state index in [4.69, 9.17) is 0 Å². The number of hydrogen-bond acceptors (Lipinski definition) is 2. The molecule has 3 rings (SSSR count). The molecule has 1 N–H and O–H groups in total. The molecule has 0 aliphatic carbocycles. The van der Waals surface area contributed by atoms with Gasteiger partial charge in [0.15, 0.2) is 0 Å². The summed E-state index contributed by atoms with van der Waals surface area (Å²) in [6.07, 6.45) is 0.390. The predicted molar refractivity (Wildman–Crippen MR) is 89.8 cm³/mol. The highest BCUT2D eigenvalue weighted by molar-refractivity contribution is 7.99. The molecule has 0 saturated heterocycles. The van der Waals surface area contributed by atoms with Gasteiger partial charge in [-0.1, -0.05) is 61.2 Å². The van der Waals surface area contributed by atoms with E-state index >= 15 is 0 Å². The molecule has 0 bridgehead atoms. The van der Waals surface area contributed by atoms with Crippen LogP contribution in [0.1, 0.15) is 25.0 Å². The lowest BCUT2D eigenvalue weighted by molar-refractivity contribution is 0.173. The predicted octanol–water partition coefficient (Wildman–Crippen LogP) is 5.43. The number of fused-ring (bicyclic) bond motifs is 1. The third-order valence-corrected chi connectivity index (χ3v) is 4.61. The summed E-state index contributed by atoms with van der Waals surface area (Å²) in [4.78, 5) is 2.43. The van der Waals surface area contributed by atoms with E-state index in [0.29, 0.717) is 0 Å². The van der Waals surface area contributed by atoms with Crippen LogP contribution in [0.25, 0.3) is 10.8 Å². The zero-order valence-electron chi connectivity index (χ0n) is 12.0.